The van der Waals surface area contributed by atoms with Crippen molar-refractivity contribution >= 4 is 46.9 Å². The average molecular weight is 626 g/mol. The first kappa shape index (κ1) is 30.3. The van der Waals surface area contributed by atoms with E-state index in [1.54, 1.807) is 11.3 Å². The van der Waals surface area contributed by atoms with Crippen LogP contribution in [0.5, 0.6) is 5.75 Å². The molecule has 0 bridgehead atoms. The standard InChI is InChI=1S/C35H39N3O4SSi/c1-24-37-20-26(43-24)22-40-25-15-16-32-29(19-25)30-21-38(18-17-33(30)42-32)31(34(36)39)23-41-44(35(2,3)4,27-11-7-5-8-12-27)28-13-9-6-10-14-28/h5-16,19-20,31H,17-18,21-23H2,1-4H3,(H2,36,39)/t31-/m0/s1. The number of aryl methyl sites for hydroxylation is 1. The van der Waals surface area contributed by atoms with Crippen molar-refractivity contribution in [2.75, 3.05) is 13.2 Å². The van der Waals surface area contributed by atoms with Gasteiger partial charge in [-0.25, -0.2) is 4.98 Å². The summed E-state index contributed by atoms with van der Waals surface area (Å²) >= 11 is 1.63. The molecule has 5 aromatic rings. The number of thiazole rings is 1. The molecule has 0 radical (unpaired) electrons. The number of ether oxygens (including phenoxy) is 1. The van der Waals surface area contributed by atoms with Crippen LogP contribution in [0.15, 0.2) is 89.5 Å². The molecule has 1 aliphatic heterocycles. The van der Waals surface area contributed by atoms with Gasteiger partial charge < -0.3 is 19.3 Å². The highest BCUT2D eigenvalue weighted by Crippen LogP contribution is 2.38. The Morgan fingerprint density at radius 2 is 1.75 bits per heavy atom. The Morgan fingerprint density at radius 3 is 2.34 bits per heavy atom. The molecule has 7 nitrogen and oxygen atoms in total. The first-order chi connectivity index (χ1) is 21.2. The summed E-state index contributed by atoms with van der Waals surface area (Å²) in [4.78, 5) is 20.6. The van der Waals surface area contributed by atoms with Crippen LogP contribution in [-0.2, 0) is 28.8 Å². The van der Waals surface area contributed by atoms with E-state index in [9.17, 15) is 4.79 Å². The topological polar surface area (TPSA) is 90.8 Å². The van der Waals surface area contributed by atoms with E-state index in [1.807, 2.05) is 43.5 Å². The van der Waals surface area contributed by atoms with E-state index in [0.29, 0.717) is 26.1 Å². The number of carbonyl (C=O) groups excluding carboxylic acids is 1. The minimum Gasteiger partial charge on any atom is -0.488 e. The van der Waals surface area contributed by atoms with Gasteiger partial charge in [0, 0.05) is 36.7 Å². The van der Waals surface area contributed by atoms with Crippen LogP contribution in [0.1, 0.15) is 42.0 Å². The van der Waals surface area contributed by atoms with Gasteiger partial charge in [0.05, 0.1) is 16.5 Å². The second-order valence-electron chi connectivity index (χ2n) is 12.4. The van der Waals surface area contributed by atoms with Gasteiger partial charge in [-0.15, -0.1) is 11.3 Å². The molecule has 44 heavy (non-hydrogen) atoms. The van der Waals surface area contributed by atoms with Gasteiger partial charge in [0.1, 0.15) is 29.7 Å². The van der Waals surface area contributed by atoms with Gasteiger partial charge in [0.25, 0.3) is 8.32 Å². The largest absolute Gasteiger partial charge is 0.488 e. The summed E-state index contributed by atoms with van der Waals surface area (Å²) in [5.41, 5.74) is 8.01. The molecular formula is C35H39N3O4SSi. The predicted molar refractivity (Wildman–Crippen MR) is 178 cm³/mol. The number of hydrogen-bond donors (Lipinski definition) is 1. The third kappa shape index (κ3) is 5.85. The monoisotopic (exact) mass is 625 g/mol. The van der Waals surface area contributed by atoms with Gasteiger partial charge in [-0.3, -0.25) is 9.69 Å². The Kier molecular flexibility index (Phi) is 8.48. The second kappa shape index (κ2) is 12.3. The Bertz CT molecular complexity index is 1710. The summed E-state index contributed by atoms with van der Waals surface area (Å²) in [5.74, 6) is 1.33. The number of hydrogen-bond acceptors (Lipinski definition) is 7. The molecule has 6 rings (SSSR count). The van der Waals surface area contributed by atoms with Crippen molar-refractivity contribution in [1.82, 2.24) is 9.88 Å². The highest BCUT2D eigenvalue weighted by molar-refractivity contribution is 7.11. The second-order valence-corrected chi connectivity index (χ2v) is 18.0. The van der Waals surface area contributed by atoms with E-state index in [1.165, 1.54) is 10.4 Å². The molecule has 2 aromatic heterocycles. The smallest absolute Gasteiger partial charge is 0.261 e. The molecule has 3 aromatic carbocycles. The molecule has 0 spiro atoms. The number of carbonyl (C=O) groups is 1. The molecule has 0 unspecified atom stereocenters. The van der Waals surface area contributed by atoms with Gasteiger partial charge in [0.2, 0.25) is 5.91 Å². The number of rotatable bonds is 10. The van der Waals surface area contributed by atoms with Crippen LogP contribution in [0.3, 0.4) is 0 Å². The number of nitrogens with two attached hydrogens (primary N) is 1. The predicted octanol–water partition coefficient (Wildman–Crippen LogP) is 5.57. The number of benzene rings is 3. The minimum atomic E-state index is -2.84. The number of nitrogens with zero attached hydrogens (tertiary/aromatic N) is 2. The quantitative estimate of drug-likeness (QED) is 0.204. The van der Waals surface area contributed by atoms with Crippen molar-refractivity contribution in [2.45, 2.75) is 58.3 Å². The molecule has 2 N–H and O–H groups in total. The van der Waals surface area contributed by atoms with Crippen LogP contribution in [-0.4, -0.2) is 43.3 Å². The fourth-order valence-electron chi connectivity index (χ4n) is 6.40. The Balaban J connectivity index is 1.28. The molecule has 1 amide bonds. The van der Waals surface area contributed by atoms with E-state index in [-0.39, 0.29) is 17.6 Å². The molecule has 1 atom stereocenters. The summed E-state index contributed by atoms with van der Waals surface area (Å²) in [6.45, 7) is 10.6. The van der Waals surface area contributed by atoms with Crippen LogP contribution in [0.4, 0.5) is 0 Å². The zero-order valence-corrected chi connectivity index (χ0v) is 27.5. The minimum absolute atomic E-state index is 0.205. The summed E-state index contributed by atoms with van der Waals surface area (Å²) in [6, 6.07) is 26.3. The van der Waals surface area contributed by atoms with Gasteiger partial charge in [-0.05, 0) is 40.5 Å². The lowest BCUT2D eigenvalue weighted by Gasteiger charge is -2.44. The van der Waals surface area contributed by atoms with Crippen molar-refractivity contribution in [3.8, 4) is 5.75 Å². The zero-order valence-electron chi connectivity index (χ0n) is 25.7. The Hall–Kier alpha value is -3.76. The lowest BCUT2D eigenvalue weighted by Crippen LogP contribution is -2.68. The summed E-state index contributed by atoms with van der Waals surface area (Å²) < 4.78 is 19.5. The molecule has 228 valence electrons. The SMILES string of the molecule is Cc1ncc(COc2ccc3oc4c(c3c2)CN([C@@H](CO[Si](c2ccccc2)(c2ccccc2)C(C)(C)C)C(N)=O)CC4)s1. The lowest BCUT2D eigenvalue weighted by atomic mass is 10.0. The van der Waals surface area contributed by atoms with E-state index in [2.05, 4.69) is 79.2 Å². The van der Waals surface area contributed by atoms with E-state index in [0.717, 1.165) is 37.9 Å². The van der Waals surface area contributed by atoms with Crippen molar-refractivity contribution in [3.05, 3.63) is 106 Å². The van der Waals surface area contributed by atoms with Gasteiger partial charge in [-0.1, -0.05) is 81.4 Å². The fraction of sp³-hybridized carbons (Fsp3) is 0.314. The van der Waals surface area contributed by atoms with Crippen LogP contribution < -0.4 is 20.8 Å². The normalized spacial score (nSPS) is 14.8. The Labute approximate surface area is 263 Å². The maximum atomic E-state index is 13.1. The van der Waals surface area contributed by atoms with Crippen molar-refractivity contribution in [3.63, 3.8) is 0 Å². The number of aromatic nitrogens is 1. The van der Waals surface area contributed by atoms with E-state index >= 15 is 0 Å². The highest BCUT2D eigenvalue weighted by atomic mass is 32.1. The van der Waals surface area contributed by atoms with Crippen LogP contribution >= 0.6 is 11.3 Å². The average Bonchev–Trinajstić information content (AvgIpc) is 3.60. The first-order valence-electron chi connectivity index (χ1n) is 15.0. The molecule has 3 heterocycles. The number of furan rings is 1. The number of primary amides is 1. The molecule has 1 aliphatic rings. The zero-order chi connectivity index (χ0) is 30.9. The molecule has 9 heteroatoms. The molecular weight excluding hydrogens is 587 g/mol. The highest BCUT2D eigenvalue weighted by Gasteiger charge is 2.51. The van der Waals surface area contributed by atoms with Crippen LogP contribution in [0.2, 0.25) is 5.04 Å². The van der Waals surface area contributed by atoms with Gasteiger partial charge in [-0.2, -0.15) is 0 Å². The third-order valence-electron chi connectivity index (χ3n) is 8.53. The fourth-order valence-corrected chi connectivity index (χ4v) is 11.7. The molecule has 0 saturated carbocycles. The van der Waals surface area contributed by atoms with Crippen molar-refractivity contribution < 1.29 is 18.4 Å². The van der Waals surface area contributed by atoms with Crippen LogP contribution in [0, 0.1) is 6.92 Å². The van der Waals surface area contributed by atoms with Crippen molar-refractivity contribution in [2.24, 2.45) is 5.73 Å². The summed E-state index contributed by atoms with van der Waals surface area (Å²) in [7, 11) is -2.84. The number of fused-ring (bicyclic) bond motifs is 3. The first-order valence-corrected chi connectivity index (χ1v) is 17.7. The Morgan fingerprint density at radius 1 is 1.07 bits per heavy atom. The number of amides is 1. The van der Waals surface area contributed by atoms with Crippen molar-refractivity contribution in [1.29, 1.82) is 0 Å². The summed E-state index contributed by atoms with van der Waals surface area (Å²) in [5, 5.41) is 4.15. The maximum absolute atomic E-state index is 13.1. The maximum Gasteiger partial charge on any atom is 0.261 e. The lowest BCUT2D eigenvalue weighted by molar-refractivity contribution is -0.124. The van der Waals surface area contributed by atoms with E-state index < -0.39 is 14.4 Å². The molecule has 0 saturated heterocycles. The third-order valence-corrected chi connectivity index (χ3v) is 14.4. The molecule has 0 aliphatic carbocycles. The molecule has 0 fully saturated rings. The van der Waals surface area contributed by atoms with Gasteiger partial charge in [0.15, 0.2) is 0 Å². The van der Waals surface area contributed by atoms with Crippen LogP contribution in [0.25, 0.3) is 11.0 Å². The van der Waals surface area contributed by atoms with Gasteiger partial charge >= 0.3 is 0 Å². The summed E-state index contributed by atoms with van der Waals surface area (Å²) in [6.07, 6.45) is 2.54. The van der Waals surface area contributed by atoms with E-state index in [4.69, 9.17) is 19.3 Å².